The van der Waals surface area contributed by atoms with Gasteiger partial charge in [0.05, 0.1) is 22.6 Å². The molecule has 4 heterocycles. The minimum Gasteiger partial charge on any atom is -0.455 e. The lowest BCUT2D eigenvalue weighted by molar-refractivity contribution is 0.658. The van der Waals surface area contributed by atoms with Crippen LogP contribution in [0.1, 0.15) is 0 Å². The van der Waals surface area contributed by atoms with Gasteiger partial charge in [-0.2, -0.15) is 0 Å². The third-order valence-corrected chi connectivity index (χ3v) is 8.11. The molecule has 9 aromatic rings. The number of para-hydroxylation sites is 2. The van der Waals surface area contributed by atoms with Crippen LogP contribution < -0.4 is 0 Å². The maximum absolute atomic E-state index is 6.51. The summed E-state index contributed by atoms with van der Waals surface area (Å²) in [7, 11) is 0. The van der Waals surface area contributed by atoms with Crippen LogP contribution in [-0.4, -0.2) is 9.97 Å². The second-order valence-corrected chi connectivity index (χ2v) is 10.6. The van der Waals surface area contributed by atoms with E-state index in [0.717, 1.165) is 88.4 Å². The molecule has 0 N–H and O–H groups in total. The van der Waals surface area contributed by atoms with Crippen LogP contribution in [0.25, 0.3) is 88.4 Å². The zero-order chi connectivity index (χ0) is 27.6. The Bertz CT molecular complexity index is 2380. The van der Waals surface area contributed by atoms with Gasteiger partial charge in [0.25, 0.3) is 0 Å². The maximum Gasteiger partial charge on any atom is 0.147 e. The molecule has 0 fully saturated rings. The number of nitrogens with zero attached hydrogens (tertiary/aromatic N) is 2. The van der Waals surface area contributed by atoms with Crippen LogP contribution in [0, 0.1) is 0 Å². The molecule has 4 nitrogen and oxygen atoms in total. The predicted octanol–water partition coefficient (Wildman–Crippen LogP) is 10.4. The number of rotatable bonds is 3. The molecule has 0 aliphatic carbocycles. The lowest BCUT2D eigenvalue weighted by atomic mass is 9.95. The van der Waals surface area contributed by atoms with Gasteiger partial charge in [-0.25, -0.2) is 4.98 Å². The Morgan fingerprint density at radius 3 is 1.71 bits per heavy atom. The van der Waals surface area contributed by atoms with E-state index in [-0.39, 0.29) is 0 Å². The molecule has 4 heteroatoms. The van der Waals surface area contributed by atoms with E-state index in [2.05, 4.69) is 71.7 Å². The summed E-state index contributed by atoms with van der Waals surface area (Å²) in [6.07, 6.45) is 1.79. The fraction of sp³-hybridized carbons (Fsp3) is 0. The zero-order valence-electron chi connectivity index (χ0n) is 22.4. The van der Waals surface area contributed by atoms with Crippen molar-refractivity contribution in [1.82, 2.24) is 9.97 Å². The Morgan fingerprint density at radius 1 is 0.429 bits per heavy atom. The van der Waals surface area contributed by atoms with Crippen LogP contribution in [0.15, 0.2) is 142 Å². The summed E-state index contributed by atoms with van der Waals surface area (Å²) < 4.78 is 13.0. The Labute approximate surface area is 240 Å². The summed E-state index contributed by atoms with van der Waals surface area (Å²) >= 11 is 0. The van der Waals surface area contributed by atoms with Crippen molar-refractivity contribution >= 4 is 54.6 Å². The van der Waals surface area contributed by atoms with Crippen molar-refractivity contribution in [3.63, 3.8) is 0 Å². The summed E-state index contributed by atoms with van der Waals surface area (Å²) in [6.45, 7) is 0. The molecule has 0 atom stereocenters. The molecule has 0 aliphatic heterocycles. The highest BCUT2D eigenvalue weighted by Crippen LogP contribution is 2.44. The van der Waals surface area contributed by atoms with E-state index >= 15 is 0 Å². The Balaban J connectivity index is 1.23. The van der Waals surface area contributed by atoms with Gasteiger partial charge in [-0.15, -0.1) is 0 Å². The lowest BCUT2D eigenvalue weighted by Gasteiger charge is -2.09. The van der Waals surface area contributed by atoms with E-state index in [9.17, 15) is 0 Å². The highest BCUT2D eigenvalue weighted by atomic mass is 16.3. The SMILES string of the molecule is c1ccc(-c2cccc(-c3ccc4cc(-c5c6oc7ccccc7c6cc6c5oc5ccccc56)ccc4c3)n2)nc1. The molecular weight excluding hydrogens is 516 g/mol. The van der Waals surface area contributed by atoms with Crippen molar-refractivity contribution in [2.45, 2.75) is 0 Å². The highest BCUT2D eigenvalue weighted by molar-refractivity contribution is 6.22. The van der Waals surface area contributed by atoms with E-state index in [1.54, 1.807) is 6.20 Å². The van der Waals surface area contributed by atoms with Crippen LogP contribution in [0.4, 0.5) is 0 Å². The summed E-state index contributed by atoms with van der Waals surface area (Å²) in [4.78, 5) is 9.37. The molecule has 0 spiro atoms. The van der Waals surface area contributed by atoms with Gasteiger partial charge < -0.3 is 8.83 Å². The van der Waals surface area contributed by atoms with Gasteiger partial charge >= 0.3 is 0 Å². The molecule has 9 rings (SSSR count). The second kappa shape index (κ2) is 8.88. The minimum atomic E-state index is 0.842. The van der Waals surface area contributed by atoms with Gasteiger partial charge in [0, 0.05) is 33.3 Å². The summed E-state index contributed by atoms with van der Waals surface area (Å²) in [5.74, 6) is 0. The fourth-order valence-corrected chi connectivity index (χ4v) is 6.11. The quantitative estimate of drug-likeness (QED) is 0.224. The molecule has 0 aliphatic rings. The monoisotopic (exact) mass is 538 g/mol. The Hall–Kier alpha value is -5.74. The average molecular weight is 539 g/mol. The van der Waals surface area contributed by atoms with Crippen molar-refractivity contribution in [1.29, 1.82) is 0 Å². The maximum atomic E-state index is 6.51. The fourth-order valence-electron chi connectivity index (χ4n) is 6.11. The van der Waals surface area contributed by atoms with Gasteiger partial charge in [-0.1, -0.05) is 72.8 Å². The summed E-state index contributed by atoms with van der Waals surface area (Å²) in [5, 5.41) is 6.66. The van der Waals surface area contributed by atoms with Gasteiger partial charge in [0.1, 0.15) is 22.3 Å². The largest absolute Gasteiger partial charge is 0.455 e. The third kappa shape index (κ3) is 3.49. The lowest BCUT2D eigenvalue weighted by Crippen LogP contribution is -1.90. The van der Waals surface area contributed by atoms with Crippen molar-refractivity contribution in [3.8, 4) is 33.8 Å². The first-order chi connectivity index (χ1) is 20.8. The van der Waals surface area contributed by atoms with Crippen LogP contribution in [0.2, 0.25) is 0 Å². The van der Waals surface area contributed by atoms with Crippen LogP contribution in [0.5, 0.6) is 0 Å². The molecule has 0 amide bonds. The smallest absolute Gasteiger partial charge is 0.147 e. The molecule has 0 saturated heterocycles. The van der Waals surface area contributed by atoms with Crippen LogP contribution >= 0.6 is 0 Å². The summed E-state index contributed by atoms with van der Waals surface area (Å²) in [5.41, 5.74) is 9.16. The number of aromatic nitrogens is 2. The third-order valence-electron chi connectivity index (χ3n) is 8.11. The minimum absolute atomic E-state index is 0.842. The molecule has 5 aromatic carbocycles. The van der Waals surface area contributed by atoms with Gasteiger partial charge in [-0.05, 0) is 70.9 Å². The number of pyridine rings is 2. The van der Waals surface area contributed by atoms with E-state index in [1.807, 2.05) is 60.7 Å². The van der Waals surface area contributed by atoms with E-state index in [4.69, 9.17) is 13.8 Å². The standard InChI is InChI=1S/C38H22N2O2/c1-3-13-34-27(8-1)29-22-30-28-9-2-4-14-35(28)42-38(30)36(37(29)41-34)26-18-16-23-20-25(17-15-24(23)21-26)31-11-7-12-33(40-31)32-10-5-6-19-39-32/h1-22H. The highest BCUT2D eigenvalue weighted by Gasteiger charge is 2.21. The average Bonchev–Trinajstić information content (AvgIpc) is 3.62. The molecular formula is C38H22N2O2. The van der Waals surface area contributed by atoms with Crippen molar-refractivity contribution in [2.24, 2.45) is 0 Å². The molecule has 0 unspecified atom stereocenters. The number of fused-ring (bicyclic) bond motifs is 7. The van der Waals surface area contributed by atoms with Crippen LogP contribution in [0.3, 0.4) is 0 Å². The predicted molar refractivity (Wildman–Crippen MR) is 170 cm³/mol. The molecule has 0 radical (unpaired) electrons. The first kappa shape index (κ1) is 23.0. The van der Waals surface area contributed by atoms with E-state index in [1.165, 1.54) is 0 Å². The normalized spacial score (nSPS) is 11.8. The van der Waals surface area contributed by atoms with Gasteiger partial charge in [0.15, 0.2) is 0 Å². The molecule has 0 bridgehead atoms. The van der Waals surface area contributed by atoms with Crippen molar-refractivity contribution in [2.75, 3.05) is 0 Å². The molecule has 196 valence electrons. The summed E-state index contributed by atoms with van der Waals surface area (Å²) in [6, 6.07) is 43.7. The number of hydrogen-bond donors (Lipinski definition) is 0. The Morgan fingerprint density at radius 2 is 1.02 bits per heavy atom. The second-order valence-electron chi connectivity index (χ2n) is 10.6. The molecule has 42 heavy (non-hydrogen) atoms. The molecule has 0 saturated carbocycles. The van der Waals surface area contributed by atoms with Gasteiger partial charge in [0.2, 0.25) is 0 Å². The first-order valence-electron chi connectivity index (χ1n) is 14.0. The topological polar surface area (TPSA) is 52.1 Å². The number of benzene rings is 5. The zero-order valence-corrected chi connectivity index (χ0v) is 22.4. The molecule has 4 aromatic heterocycles. The number of hydrogen-bond acceptors (Lipinski definition) is 4. The van der Waals surface area contributed by atoms with Crippen molar-refractivity contribution in [3.05, 3.63) is 134 Å². The van der Waals surface area contributed by atoms with Crippen molar-refractivity contribution < 1.29 is 8.83 Å². The van der Waals surface area contributed by atoms with Crippen LogP contribution in [-0.2, 0) is 0 Å². The van der Waals surface area contributed by atoms with E-state index < -0.39 is 0 Å². The first-order valence-corrected chi connectivity index (χ1v) is 14.0. The Kier molecular flexibility index (Phi) is 4.87. The van der Waals surface area contributed by atoms with E-state index in [0.29, 0.717) is 0 Å². The number of furan rings is 2. The van der Waals surface area contributed by atoms with Gasteiger partial charge in [-0.3, -0.25) is 4.98 Å².